The first-order valence-electron chi connectivity index (χ1n) is 7.47. The molecule has 136 valence electrons. The largest absolute Gasteiger partial charge is 0.493 e. The van der Waals surface area contributed by atoms with Gasteiger partial charge in [0.1, 0.15) is 0 Å². The molecule has 0 spiro atoms. The van der Waals surface area contributed by atoms with Crippen LogP contribution in [0, 0.1) is 5.41 Å². The molecule has 2 saturated heterocycles. The van der Waals surface area contributed by atoms with E-state index in [0.717, 1.165) is 0 Å². The Bertz CT molecular complexity index is 799. The number of ether oxygens (including phenoxy) is 3. The van der Waals surface area contributed by atoms with E-state index in [1.165, 1.54) is 38.1 Å². The molecule has 0 aromatic heterocycles. The van der Waals surface area contributed by atoms with Crippen molar-refractivity contribution in [3.8, 4) is 17.2 Å². The lowest BCUT2D eigenvalue weighted by Gasteiger charge is -2.17. The monoisotopic (exact) mass is 385 g/mol. The smallest absolute Gasteiger partial charge is 0.203 e. The van der Waals surface area contributed by atoms with Crippen molar-refractivity contribution in [3.05, 3.63) is 17.7 Å². The maximum Gasteiger partial charge on any atom is 0.203 e. The number of benzene rings is 1. The Morgan fingerprint density at radius 1 is 1.20 bits per heavy atom. The summed E-state index contributed by atoms with van der Waals surface area (Å²) < 4.78 is 39.5. The van der Waals surface area contributed by atoms with E-state index in [0.29, 0.717) is 22.8 Å². The summed E-state index contributed by atoms with van der Waals surface area (Å²) in [7, 11) is 1.51. The summed E-state index contributed by atoms with van der Waals surface area (Å²) in [6.07, 6.45) is 1.56. The second-order valence-electron chi connectivity index (χ2n) is 5.65. The predicted octanol–water partition coefficient (Wildman–Crippen LogP) is 1.20. The number of hydrogen-bond donors (Lipinski definition) is 1. The molecule has 2 heterocycles. The second kappa shape index (κ2) is 6.75. The third-order valence-corrected chi connectivity index (χ3v) is 7.20. The van der Waals surface area contributed by atoms with E-state index in [2.05, 4.69) is 5.10 Å². The third kappa shape index (κ3) is 3.40. The number of amidine groups is 1. The fourth-order valence-electron chi connectivity index (χ4n) is 2.93. The first kappa shape index (κ1) is 17.9. The maximum absolute atomic E-state index is 11.8. The van der Waals surface area contributed by atoms with Gasteiger partial charge in [-0.1, -0.05) is 11.8 Å². The summed E-state index contributed by atoms with van der Waals surface area (Å²) >= 11 is 1.25. The molecule has 2 aliphatic rings. The van der Waals surface area contributed by atoms with Crippen molar-refractivity contribution in [2.75, 3.05) is 32.8 Å². The molecular formula is C15H19N3O5S2. The van der Waals surface area contributed by atoms with Gasteiger partial charge >= 0.3 is 0 Å². The molecule has 0 aliphatic carbocycles. The van der Waals surface area contributed by atoms with E-state index in [1.807, 2.05) is 0 Å². The first-order chi connectivity index (χ1) is 11.9. The molecule has 2 atom stereocenters. The van der Waals surface area contributed by atoms with Gasteiger partial charge in [0.2, 0.25) is 5.75 Å². The normalized spacial score (nSPS) is 24.6. The zero-order valence-corrected chi connectivity index (χ0v) is 15.7. The molecule has 1 aromatic rings. The standard InChI is InChI=1S/C15H19N3O5S2/c1-21-11-4-9(5-12(22-2)14(11)23-3)6-17-18-10-7-25(19,20)8-13(10)24-15(18)16/h4-6,10,13,16H,7-8H2,1-3H3/b16-15?,17-6-/t10-,13+/m1/s1. The van der Waals surface area contributed by atoms with Crippen molar-refractivity contribution in [1.82, 2.24) is 5.01 Å². The topological polar surface area (TPSA) is 101 Å². The number of methoxy groups -OCH3 is 3. The quantitative estimate of drug-likeness (QED) is 0.760. The van der Waals surface area contributed by atoms with Crippen LogP contribution in [-0.4, -0.2) is 68.9 Å². The molecule has 0 radical (unpaired) electrons. The highest BCUT2D eigenvalue weighted by molar-refractivity contribution is 8.15. The Hall–Kier alpha value is -1.94. The summed E-state index contributed by atoms with van der Waals surface area (Å²) in [5, 5.41) is 14.0. The Kier molecular flexibility index (Phi) is 4.83. The minimum absolute atomic E-state index is 0.0274. The van der Waals surface area contributed by atoms with Gasteiger partial charge in [-0.25, -0.2) is 13.4 Å². The Balaban J connectivity index is 1.88. The number of hydrazone groups is 1. The molecule has 0 saturated carbocycles. The highest BCUT2D eigenvalue weighted by Gasteiger charge is 2.48. The fourth-order valence-corrected chi connectivity index (χ4v) is 6.64. The Morgan fingerprint density at radius 2 is 1.84 bits per heavy atom. The van der Waals surface area contributed by atoms with Crippen LogP contribution >= 0.6 is 11.8 Å². The molecule has 1 aromatic carbocycles. The summed E-state index contributed by atoms with van der Waals surface area (Å²) in [5.41, 5.74) is 0.691. The highest BCUT2D eigenvalue weighted by Crippen LogP contribution is 2.39. The fraction of sp³-hybridized carbons (Fsp3) is 0.467. The van der Waals surface area contributed by atoms with Crippen LogP contribution in [0.5, 0.6) is 17.2 Å². The van der Waals surface area contributed by atoms with Crippen LogP contribution in [0.2, 0.25) is 0 Å². The van der Waals surface area contributed by atoms with Gasteiger partial charge in [0.05, 0.1) is 45.1 Å². The van der Waals surface area contributed by atoms with Crippen LogP contribution in [0.25, 0.3) is 0 Å². The first-order valence-corrected chi connectivity index (χ1v) is 10.2. The lowest BCUT2D eigenvalue weighted by Crippen LogP contribution is -2.32. The number of sulfone groups is 1. The van der Waals surface area contributed by atoms with Gasteiger partial charge in [-0.15, -0.1) is 0 Å². The lowest BCUT2D eigenvalue weighted by molar-refractivity contribution is 0.324. The summed E-state index contributed by atoms with van der Waals surface area (Å²) in [4.78, 5) is 0. The van der Waals surface area contributed by atoms with Crippen LogP contribution in [0.3, 0.4) is 0 Å². The number of nitrogens with zero attached hydrogens (tertiary/aromatic N) is 2. The van der Waals surface area contributed by atoms with Crippen molar-refractivity contribution < 1.29 is 22.6 Å². The van der Waals surface area contributed by atoms with E-state index < -0.39 is 9.84 Å². The van der Waals surface area contributed by atoms with E-state index in [-0.39, 0.29) is 28.0 Å². The molecule has 8 nitrogen and oxygen atoms in total. The number of nitrogens with one attached hydrogen (secondary N) is 1. The summed E-state index contributed by atoms with van der Waals surface area (Å²) in [6.45, 7) is 0. The lowest BCUT2D eigenvalue weighted by atomic mass is 10.2. The van der Waals surface area contributed by atoms with Crippen molar-refractivity contribution in [1.29, 1.82) is 5.41 Å². The van der Waals surface area contributed by atoms with Crippen molar-refractivity contribution >= 4 is 33.0 Å². The molecule has 0 unspecified atom stereocenters. The maximum atomic E-state index is 11.8. The molecule has 3 rings (SSSR count). The Labute approximate surface area is 150 Å². The van der Waals surface area contributed by atoms with Gasteiger partial charge in [0, 0.05) is 10.8 Å². The number of thioether (sulfide) groups is 1. The third-order valence-electron chi connectivity index (χ3n) is 4.08. The van der Waals surface area contributed by atoms with Crippen molar-refractivity contribution in [3.63, 3.8) is 0 Å². The molecular weight excluding hydrogens is 366 g/mol. The van der Waals surface area contributed by atoms with Crippen molar-refractivity contribution in [2.45, 2.75) is 11.3 Å². The molecule has 10 heteroatoms. The van der Waals surface area contributed by atoms with Crippen LogP contribution in [-0.2, 0) is 9.84 Å². The highest BCUT2D eigenvalue weighted by atomic mass is 32.2. The van der Waals surface area contributed by atoms with E-state index in [4.69, 9.17) is 19.6 Å². The average molecular weight is 385 g/mol. The van der Waals surface area contributed by atoms with E-state index >= 15 is 0 Å². The number of fused-ring (bicyclic) bond motifs is 1. The van der Waals surface area contributed by atoms with E-state index in [1.54, 1.807) is 18.3 Å². The molecule has 2 fully saturated rings. The van der Waals surface area contributed by atoms with Crippen molar-refractivity contribution in [2.24, 2.45) is 5.10 Å². The van der Waals surface area contributed by atoms with Crippen LogP contribution in [0.4, 0.5) is 0 Å². The predicted molar refractivity (Wildman–Crippen MR) is 97.1 cm³/mol. The summed E-state index contributed by atoms with van der Waals surface area (Å²) in [5.74, 6) is 1.60. The molecule has 0 bridgehead atoms. The van der Waals surface area contributed by atoms with Crippen LogP contribution in [0.1, 0.15) is 5.56 Å². The SMILES string of the molecule is COc1cc(/C=N\N2C(=N)S[C@H]3CS(=O)(=O)C[C@H]32)cc(OC)c1OC. The van der Waals surface area contributed by atoms with Crippen LogP contribution < -0.4 is 14.2 Å². The van der Waals surface area contributed by atoms with Gasteiger partial charge in [0.15, 0.2) is 26.5 Å². The summed E-state index contributed by atoms with van der Waals surface area (Å²) in [6, 6.07) is 3.18. The van der Waals surface area contributed by atoms with Gasteiger partial charge in [0.25, 0.3) is 0 Å². The second-order valence-corrected chi connectivity index (χ2v) is 9.04. The van der Waals surface area contributed by atoms with Gasteiger partial charge in [-0.3, -0.25) is 5.41 Å². The molecule has 0 amide bonds. The zero-order valence-electron chi connectivity index (χ0n) is 14.1. The van der Waals surface area contributed by atoms with Gasteiger partial charge in [-0.05, 0) is 12.1 Å². The molecule has 1 N–H and O–H groups in total. The van der Waals surface area contributed by atoms with E-state index in [9.17, 15) is 8.42 Å². The minimum Gasteiger partial charge on any atom is -0.493 e. The molecule has 2 aliphatic heterocycles. The number of hydrogen-bond acceptors (Lipinski definition) is 8. The van der Waals surface area contributed by atoms with Gasteiger partial charge in [-0.2, -0.15) is 5.10 Å². The Morgan fingerprint density at radius 3 is 2.40 bits per heavy atom. The average Bonchev–Trinajstić information content (AvgIpc) is 3.01. The zero-order chi connectivity index (χ0) is 18.2. The molecule has 25 heavy (non-hydrogen) atoms. The van der Waals surface area contributed by atoms with Gasteiger partial charge < -0.3 is 14.2 Å². The number of rotatable bonds is 5. The van der Waals surface area contributed by atoms with Crippen LogP contribution in [0.15, 0.2) is 17.2 Å². The minimum atomic E-state index is -3.06.